The molecule has 2 amide bonds. The SMILES string of the molecule is CC(C)(C)c1ccc(C(=O)Nc2ccc(-c3cc(C4CCC4)n(C(=O)NCc4ccccc4Cl)n3)c(O)c2)cc1. The van der Waals surface area contributed by atoms with Crippen molar-refractivity contribution in [2.24, 2.45) is 0 Å². The van der Waals surface area contributed by atoms with Crippen molar-refractivity contribution in [1.82, 2.24) is 15.1 Å². The average molecular weight is 557 g/mol. The van der Waals surface area contributed by atoms with Gasteiger partial charge in [0.2, 0.25) is 0 Å². The summed E-state index contributed by atoms with van der Waals surface area (Å²) in [7, 11) is 0. The molecular weight excluding hydrogens is 524 g/mol. The molecule has 1 heterocycles. The zero-order valence-corrected chi connectivity index (χ0v) is 23.6. The summed E-state index contributed by atoms with van der Waals surface area (Å²) in [6.07, 6.45) is 3.07. The average Bonchev–Trinajstić information content (AvgIpc) is 3.31. The lowest BCUT2D eigenvalue weighted by Crippen LogP contribution is -2.31. The molecule has 3 N–H and O–H groups in total. The van der Waals surface area contributed by atoms with Crippen molar-refractivity contribution >= 4 is 29.2 Å². The fraction of sp³-hybridized carbons (Fsp3) is 0.281. The van der Waals surface area contributed by atoms with E-state index in [0.29, 0.717) is 27.5 Å². The Morgan fingerprint density at radius 3 is 2.38 bits per heavy atom. The lowest BCUT2D eigenvalue weighted by molar-refractivity contribution is 0.102. The zero-order valence-electron chi connectivity index (χ0n) is 22.9. The van der Waals surface area contributed by atoms with Gasteiger partial charge in [-0.05, 0) is 65.8 Å². The number of carbonyl (C=O) groups is 2. The van der Waals surface area contributed by atoms with E-state index in [1.54, 1.807) is 30.3 Å². The Balaban J connectivity index is 1.33. The summed E-state index contributed by atoms with van der Waals surface area (Å²) in [6.45, 7) is 6.64. The first kappa shape index (κ1) is 27.5. The highest BCUT2D eigenvalue weighted by Crippen LogP contribution is 2.39. The third-order valence-corrected chi connectivity index (χ3v) is 7.75. The Bertz CT molecular complexity index is 1550. The monoisotopic (exact) mass is 556 g/mol. The van der Waals surface area contributed by atoms with E-state index in [1.165, 1.54) is 10.7 Å². The number of phenols is 1. The minimum atomic E-state index is -0.353. The summed E-state index contributed by atoms with van der Waals surface area (Å²) in [5.41, 5.74) is 4.73. The van der Waals surface area contributed by atoms with Crippen molar-refractivity contribution in [1.29, 1.82) is 0 Å². The van der Waals surface area contributed by atoms with E-state index in [-0.39, 0.29) is 35.6 Å². The summed E-state index contributed by atoms with van der Waals surface area (Å²) < 4.78 is 1.40. The fourth-order valence-corrected chi connectivity index (χ4v) is 4.93. The van der Waals surface area contributed by atoms with Crippen LogP contribution in [0.2, 0.25) is 5.02 Å². The van der Waals surface area contributed by atoms with Crippen molar-refractivity contribution in [3.63, 3.8) is 0 Å². The van der Waals surface area contributed by atoms with Crippen LogP contribution in [-0.2, 0) is 12.0 Å². The second kappa shape index (κ2) is 11.2. The maximum absolute atomic E-state index is 13.1. The number of aromatic nitrogens is 2. The number of rotatable bonds is 6. The van der Waals surface area contributed by atoms with Crippen LogP contribution in [0.4, 0.5) is 10.5 Å². The van der Waals surface area contributed by atoms with Gasteiger partial charge in [-0.1, -0.05) is 69.1 Å². The van der Waals surface area contributed by atoms with E-state index in [1.807, 2.05) is 36.4 Å². The molecule has 0 radical (unpaired) electrons. The van der Waals surface area contributed by atoms with Gasteiger partial charge < -0.3 is 15.7 Å². The Morgan fingerprint density at radius 1 is 1.02 bits per heavy atom. The molecule has 1 aliphatic carbocycles. The number of nitrogens with zero attached hydrogens (tertiary/aromatic N) is 2. The number of nitrogens with one attached hydrogen (secondary N) is 2. The molecule has 1 aromatic heterocycles. The maximum Gasteiger partial charge on any atom is 0.342 e. The van der Waals surface area contributed by atoms with E-state index in [0.717, 1.165) is 36.1 Å². The smallest absolute Gasteiger partial charge is 0.342 e. The molecule has 7 nitrogen and oxygen atoms in total. The normalized spacial score (nSPS) is 13.5. The van der Waals surface area contributed by atoms with Crippen molar-refractivity contribution in [2.45, 2.75) is 57.9 Å². The molecule has 3 aromatic carbocycles. The zero-order chi connectivity index (χ0) is 28.4. The van der Waals surface area contributed by atoms with Gasteiger partial charge in [0.15, 0.2) is 0 Å². The van der Waals surface area contributed by atoms with Gasteiger partial charge in [-0.3, -0.25) is 4.79 Å². The number of halogens is 1. The van der Waals surface area contributed by atoms with Crippen LogP contribution >= 0.6 is 11.6 Å². The van der Waals surface area contributed by atoms with Crippen LogP contribution in [0.25, 0.3) is 11.3 Å². The quantitative estimate of drug-likeness (QED) is 0.229. The van der Waals surface area contributed by atoms with E-state index < -0.39 is 0 Å². The van der Waals surface area contributed by atoms with Crippen LogP contribution in [0.3, 0.4) is 0 Å². The molecular formula is C32H33ClN4O3. The fourth-order valence-electron chi connectivity index (χ4n) is 4.72. The van der Waals surface area contributed by atoms with Crippen molar-refractivity contribution in [3.05, 3.63) is 100 Å². The van der Waals surface area contributed by atoms with Gasteiger partial charge in [0.25, 0.3) is 5.91 Å². The van der Waals surface area contributed by atoms with E-state index in [4.69, 9.17) is 11.6 Å². The second-order valence-corrected chi connectivity index (χ2v) is 11.7. The summed E-state index contributed by atoms with van der Waals surface area (Å²) in [4.78, 5) is 25.9. The van der Waals surface area contributed by atoms with Crippen molar-refractivity contribution in [2.75, 3.05) is 5.32 Å². The summed E-state index contributed by atoms with van der Waals surface area (Å²) >= 11 is 6.24. The number of amides is 2. The largest absolute Gasteiger partial charge is 0.507 e. The molecule has 0 bridgehead atoms. The third kappa shape index (κ3) is 5.89. The lowest BCUT2D eigenvalue weighted by atomic mass is 9.82. The Labute approximate surface area is 239 Å². The Morgan fingerprint density at radius 2 is 1.75 bits per heavy atom. The number of phenolic OH excluding ortho intramolecular Hbond substituents is 1. The van der Waals surface area contributed by atoms with Crippen molar-refractivity contribution < 1.29 is 14.7 Å². The molecule has 0 spiro atoms. The first-order valence-corrected chi connectivity index (χ1v) is 13.8. The van der Waals surface area contributed by atoms with Crippen molar-refractivity contribution in [3.8, 4) is 17.0 Å². The highest BCUT2D eigenvalue weighted by atomic mass is 35.5. The van der Waals surface area contributed by atoms with Gasteiger partial charge in [-0.2, -0.15) is 9.78 Å². The topological polar surface area (TPSA) is 96.3 Å². The number of hydrogen-bond acceptors (Lipinski definition) is 4. The molecule has 1 aliphatic rings. The van der Waals surface area contributed by atoms with Crippen LogP contribution in [-0.4, -0.2) is 26.8 Å². The number of anilines is 1. The predicted octanol–water partition coefficient (Wildman–Crippen LogP) is 7.48. The highest BCUT2D eigenvalue weighted by molar-refractivity contribution is 6.31. The first-order valence-electron chi connectivity index (χ1n) is 13.5. The molecule has 0 unspecified atom stereocenters. The van der Waals surface area contributed by atoms with E-state index >= 15 is 0 Å². The van der Waals surface area contributed by atoms with Crippen LogP contribution in [0.1, 0.15) is 73.1 Å². The van der Waals surface area contributed by atoms with Crippen LogP contribution in [0.5, 0.6) is 5.75 Å². The molecule has 4 aromatic rings. The highest BCUT2D eigenvalue weighted by Gasteiger charge is 2.27. The molecule has 206 valence electrons. The molecule has 5 rings (SSSR count). The summed E-state index contributed by atoms with van der Waals surface area (Å²) in [5.74, 6) is -0.0702. The predicted molar refractivity (Wildman–Crippen MR) is 158 cm³/mol. The number of benzene rings is 3. The van der Waals surface area contributed by atoms with Crippen LogP contribution in [0, 0.1) is 0 Å². The van der Waals surface area contributed by atoms with E-state index in [2.05, 4.69) is 36.5 Å². The second-order valence-electron chi connectivity index (χ2n) is 11.3. The molecule has 1 fully saturated rings. The maximum atomic E-state index is 13.1. The van der Waals surface area contributed by atoms with Crippen LogP contribution in [0.15, 0.2) is 72.8 Å². The first-order chi connectivity index (χ1) is 19.1. The number of aromatic hydroxyl groups is 1. The minimum absolute atomic E-state index is 0.00159. The van der Waals surface area contributed by atoms with Gasteiger partial charge >= 0.3 is 6.03 Å². The molecule has 0 saturated heterocycles. The Kier molecular flexibility index (Phi) is 7.68. The van der Waals surface area contributed by atoms with Gasteiger partial charge in [0.05, 0.1) is 11.4 Å². The standard InChI is InChI=1S/C32H33ClN4O3/c1-32(2,3)23-13-11-21(12-14-23)30(39)35-24-15-16-25(29(38)17-24)27-18-28(20-8-6-9-20)37(36-27)31(40)34-19-22-7-4-5-10-26(22)33/h4-5,7,10-18,20,38H,6,8-9,19H2,1-3H3,(H,34,40)(H,35,39). The Hall–Kier alpha value is -4.10. The minimum Gasteiger partial charge on any atom is -0.507 e. The summed E-state index contributed by atoms with van der Waals surface area (Å²) in [5, 5.41) is 21.8. The number of carbonyl (C=O) groups excluding carboxylic acids is 2. The lowest BCUT2D eigenvalue weighted by Gasteiger charge is -2.25. The van der Waals surface area contributed by atoms with Gasteiger partial charge in [-0.25, -0.2) is 4.79 Å². The molecule has 8 heteroatoms. The van der Waals surface area contributed by atoms with Gasteiger partial charge in [0, 0.05) is 40.4 Å². The summed E-state index contributed by atoms with van der Waals surface area (Å²) in [6, 6.07) is 21.3. The molecule has 40 heavy (non-hydrogen) atoms. The van der Waals surface area contributed by atoms with Crippen LogP contribution < -0.4 is 10.6 Å². The molecule has 0 aliphatic heterocycles. The van der Waals surface area contributed by atoms with E-state index in [9.17, 15) is 14.7 Å². The third-order valence-electron chi connectivity index (χ3n) is 7.39. The molecule has 1 saturated carbocycles. The van der Waals surface area contributed by atoms with Gasteiger partial charge in [-0.15, -0.1) is 0 Å². The molecule has 0 atom stereocenters. The van der Waals surface area contributed by atoms with Gasteiger partial charge in [0.1, 0.15) is 5.75 Å². The number of hydrogen-bond donors (Lipinski definition) is 3.